The molecule has 3 heterocycles. The van der Waals surface area contributed by atoms with Gasteiger partial charge in [0.2, 0.25) is 5.91 Å². The molecule has 1 aromatic rings. The van der Waals surface area contributed by atoms with Crippen molar-refractivity contribution in [1.82, 2.24) is 15.2 Å². The smallest absolute Gasteiger partial charge is 0.255 e. The number of amides is 2. The first-order chi connectivity index (χ1) is 9.63. The number of nitrogens with zero attached hydrogens (tertiary/aromatic N) is 2. The maximum Gasteiger partial charge on any atom is 0.255 e. The fourth-order valence-corrected chi connectivity index (χ4v) is 3.21. The highest BCUT2D eigenvalue weighted by Crippen LogP contribution is 2.26. The van der Waals surface area contributed by atoms with Crippen LogP contribution in [-0.2, 0) is 4.79 Å². The van der Waals surface area contributed by atoms with Crippen LogP contribution < -0.4 is 5.32 Å². The first kappa shape index (κ1) is 13.5. The van der Waals surface area contributed by atoms with E-state index >= 15 is 0 Å². The van der Waals surface area contributed by atoms with Gasteiger partial charge in [-0.3, -0.25) is 9.59 Å². The van der Waals surface area contributed by atoms with Crippen molar-refractivity contribution >= 4 is 27.7 Å². The minimum atomic E-state index is 0.0281. The van der Waals surface area contributed by atoms with Crippen molar-refractivity contribution in [3.05, 3.63) is 28.5 Å². The van der Waals surface area contributed by atoms with Crippen molar-refractivity contribution < 1.29 is 9.59 Å². The molecule has 6 heteroatoms. The van der Waals surface area contributed by atoms with E-state index in [0.29, 0.717) is 24.4 Å². The van der Waals surface area contributed by atoms with Gasteiger partial charge in [-0.05, 0) is 46.8 Å². The molecule has 0 aliphatic carbocycles. The van der Waals surface area contributed by atoms with Crippen LogP contribution in [0.4, 0.5) is 0 Å². The number of nitrogens with one attached hydrogen (secondary N) is 1. The zero-order valence-corrected chi connectivity index (χ0v) is 12.6. The molecule has 5 nitrogen and oxygen atoms in total. The maximum absolute atomic E-state index is 12.4. The van der Waals surface area contributed by atoms with E-state index in [2.05, 4.69) is 26.2 Å². The van der Waals surface area contributed by atoms with Gasteiger partial charge >= 0.3 is 0 Å². The Morgan fingerprint density at radius 1 is 1.40 bits per heavy atom. The van der Waals surface area contributed by atoms with E-state index in [1.165, 1.54) is 0 Å². The first-order valence-electron chi connectivity index (χ1n) is 6.83. The number of piperidine rings is 2. The number of aromatic nitrogens is 1. The molecule has 3 rings (SSSR count). The molecule has 0 aromatic carbocycles. The van der Waals surface area contributed by atoms with E-state index in [-0.39, 0.29) is 17.9 Å². The predicted octanol–water partition coefficient (Wildman–Crippen LogP) is 1.58. The van der Waals surface area contributed by atoms with Gasteiger partial charge in [0.05, 0.1) is 5.56 Å². The van der Waals surface area contributed by atoms with Crippen LogP contribution in [0.5, 0.6) is 0 Å². The lowest BCUT2D eigenvalue weighted by Crippen LogP contribution is -2.55. The molecule has 1 aromatic heterocycles. The lowest BCUT2D eigenvalue weighted by atomic mass is 9.85. The number of hydrogen-bond acceptors (Lipinski definition) is 3. The molecule has 2 fully saturated rings. The van der Waals surface area contributed by atoms with Crippen LogP contribution in [0.3, 0.4) is 0 Å². The molecule has 0 spiro atoms. The minimum absolute atomic E-state index is 0.0281. The summed E-state index contributed by atoms with van der Waals surface area (Å²) in [4.78, 5) is 29.8. The van der Waals surface area contributed by atoms with E-state index in [1.807, 2.05) is 4.90 Å². The average molecular weight is 338 g/mol. The van der Waals surface area contributed by atoms with Crippen LogP contribution in [-0.4, -0.2) is 40.8 Å². The molecule has 2 aliphatic heterocycles. The summed E-state index contributed by atoms with van der Waals surface area (Å²) < 4.78 is 0.725. The largest absolute Gasteiger partial charge is 0.353 e. The van der Waals surface area contributed by atoms with Crippen molar-refractivity contribution in [2.24, 2.45) is 5.92 Å². The topological polar surface area (TPSA) is 62.3 Å². The Bertz CT molecular complexity index is 532. The van der Waals surface area contributed by atoms with Gasteiger partial charge in [0, 0.05) is 31.7 Å². The standard InChI is InChI=1S/C14H16BrN3O2/c15-12-3-1-9(7-16-12)14(20)18-6-5-11-10(8-18)2-4-13(19)17-11/h1,3,7,10-11H,2,4-6,8H2,(H,17,19). The third kappa shape index (κ3) is 2.70. The Hall–Kier alpha value is -1.43. The van der Waals surface area contributed by atoms with E-state index < -0.39 is 0 Å². The second-order valence-electron chi connectivity index (χ2n) is 5.38. The number of carbonyl (C=O) groups is 2. The van der Waals surface area contributed by atoms with Gasteiger partial charge < -0.3 is 10.2 Å². The van der Waals surface area contributed by atoms with Crippen LogP contribution >= 0.6 is 15.9 Å². The summed E-state index contributed by atoms with van der Waals surface area (Å²) in [6.45, 7) is 1.41. The summed E-state index contributed by atoms with van der Waals surface area (Å²) in [6, 6.07) is 3.80. The molecule has 20 heavy (non-hydrogen) atoms. The van der Waals surface area contributed by atoms with Crippen molar-refractivity contribution in [1.29, 1.82) is 0 Å². The summed E-state index contributed by atoms with van der Waals surface area (Å²) in [6.07, 6.45) is 3.88. The van der Waals surface area contributed by atoms with Gasteiger partial charge in [0.1, 0.15) is 4.60 Å². The summed E-state index contributed by atoms with van der Waals surface area (Å²) in [7, 11) is 0. The van der Waals surface area contributed by atoms with E-state index in [9.17, 15) is 9.59 Å². The van der Waals surface area contributed by atoms with Crippen LogP contribution in [0.1, 0.15) is 29.6 Å². The van der Waals surface area contributed by atoms with Crippen molar-refractivity contribution in [3.63, 3.8) is 0 Å². The molecule has 0 bridgehead atoms. The zero-order valence-electron chi connectivity index (χ0n) is 11.0. The maximum atomic E-state index is 12.4. The zero-order chi connectivity index (χ0) is 14.1. The van der Waals surface area contributed by atoms with Crippen LogP contribution in [0.15, 0.2) is 22.9 Å². The average Bonchev–Trinajstić information content (AvgIpc) is 2.47. The Labute approximate surface area is 125 Å². The predicted molar refractivity (Wildman–Crippen MR) is 77.1 cm³/mol. The Balaban J connectivity index is 1.68. The third-order valence-electron chi connectivity index (χ3n) is 4.08. The van der Waals surface area contributed by atoms with Gasteiger partial charge in [0.25, 0.3) is 5.91 Å². The molecule has 0 radical (unpaired) electrons. The Kier molecular flexibility index (Phi) is 3.74. The molecule has 0 saturated carbocycles. The summed E-state index contributed by atoms with van der Waals surface area (Å²) in [5.41, 5.74) is 0.617. The molecule has 106 valence electrons. The summed E-state index contributed by atoms with van der Waals surface area (Å²) in [5, 5.41) is 3.03. The second-order valence-corrected chi connectivity index (χ2v) is 6.19. The number of halogens is 1. The van der Waals surface area contributed by atoms with Crippen molar-refractivity contribution in [3.8, 4) is 0 Å². The fraction of sp³-hybridized carbons (Fsp3) is 0.500. The second kappa shape index (κ2) is 5.52. The van der Waals surface area contributed by atoms with Crippen molar-refractivity contribution in [2.45, 2.75) is 25.3 Å². The van der Waals surface area contributed by atoms with Gasteiger partial charge in [0.15, 0.2) is 0 Å². The molecular weight excluding hydrogens is 322 g/mol. The van der Waals surface area contributed by atoms with Gasteiger partial charge in [-0.15, -0.1) is 0 Å². The van der Waals surface area contributed by atoms with E-state index in [4.69, 9.17) is 0 Å². The molecule has 2 aliphatic rings. The van der Waals surface area contributed by atoms with E-state index in [1.54, 1.807) is 18.3 Å². The number of likely N-dealkylation sites (tertiary alicyclic amines) is 1. The highest BCUT2D eigenvalue weighted by molar-refractivity contribution is 9.10. The van der Waals surface area contributed by atoms with Gasteiger partial charge in [-0.2, -0.15) is 0 Å². The van der Waals surface area contributed by atoms with Crippen LogP contribution in [0.2, 0.25) is 0 Å². The molecule has 2 unspecified atom stereocenters. The number of rotatable bonds is 1. The Morgan fingerprint density at radius 2 is 2.25 bits per heavy atom. The Morgan fingerprint density at radius 3 is 3.00 bits per heavy atom. The van der Waals surface area contributed by atoms with Crippen LogP contribution in [0, 0.1) is 5.92 Å². The van der Waals surface area contributed by atoms with Crippen LogP contribution in [0.25, 0.3) is 0 Å². The fourth-order valence-electron chi connectivity index (χ4n) is 2.98. The lowest BCUT2D eigenvalue weighted by molar-refractivity contribution is -0.125. The first-order valence-corrected chi connectivity index (χ1v) is 7.63. The molecule has 1 N–H and O–H groups in total. The molecular formula is C14H16BrN3O2. The number of fused-ring (bicyclic) bond motifs is 1. The molecule has 2 amide bonds. The SMILES string of the molecule is O=C1CCC2CN(C(=O)c3ccc(Br)nc3)CCC2N1. The summed E-state index contributed by atoms with van der Waals surface area (Å²) in [5.74, 6) is 0.553. The normalized spacial score (nSPS) is 25.9. The number of carbonyl (C=O) groups excluding carboxylic acids is 2. The van der Waals surface area contributed by atoms with Gasteiger partial charge in [-0.1, -0.05) is 0 Å². The number of hydrogen-bond donors (Lipinski definition) is 1. The molecule has 2 saturated heterocycles. The van der Waals surface area contributed by atoms with Crippen molar-refractivity contribution in [2.75, 3.05) is 13.1 Å². The highest BCUT2D eigenvalue weighted by atomic mass is 79.9. The van der Waals surface area contributed by atoms with Gasteiger partial charge in [-0.25, -0.2) is 4.98 Å². The molecule has 2 atom stereocenters. The third-order valence-corrected chi connectivity index (χ3v) is 4.55. The summed E-state index contributed by atoms with van der Waals surface area (Å²) >= 11 is 3.27. The monoisotopic (exact) mass is 337 g/mol. The quantitative estimate of drug-likeness (QED) is 0.791. The van der Waals surface area contributed by atoms with E-state index in [0.717, 1.165) is 24.0 Å². The highest BCUT2D eigenvalue weighted by Gasteiger charge is 2.35. The number of pyridine rings is 1. The lowest BCUT2D eigenvalue weighted by Gasteiger charge is -2.41. The minimum Gasteiger partial charge on any atom is -0.353 e.